The van der Waals surface area contributed by atoms with Gasteiger partial charge in [0.05, 0.1) is 12.6 Å². The summed E-state index contributed by atoms with van der Waals surface area (Å²) in [5, 5.41) is 8.35. The van der Waals surface area contributed by atoms with Crippen molar-refractivity contribution in [3.63, 3.8) is 0 Å². The van der Waals surface area contributed by atoms with E-state index in [0.29, 0.717) is 36.7 Å². The SMILES string of the molecule is Cc1nc2c(N3C[C@@H](C)N(C(c4ccc(C(F)F)cc4F)C4CC(F)(F)C4)C[C@@H]3C)nc3nncn3c2n1C[C@@H]1CCCO1. The lowest BCUT2D eigenvalue weighted by Crippen LogP contribution is -2.59. The summed E-state index contributed by atoms with van der Waals surface area (Å²) in [7, 11) is 0. The first-order chi connectivity index (χ1) is 21.0. The Morgan fingerprint density at radius 3 is 2.57 bits per heavy atom. The number of piperazine rings is 1. The monoisotopic (exact) mass is 618 g/mol. The van der Waals surface area contributed by atoms with Crippen LogP contribution >= 0.6 is 0 Å². The molecule has 1 saturated carbocycles. The Bertz CT molecular complexity index is 1680. The summed E-state index contributed by atoms with van der Waals surface area (Å²) < 4.78 is 80.1. The minimum Gasteiger partial charge on any atom is -0.376 e. The number of imidazole rings is 1. The normalized spacial score (nSPS) is 25.4. The van der Waals surface area contributed by atoms with E-state index < -0.39 is 35.7 Å². The summed E-state index contributed by atoms with van der Waals surface area (Å²) in [4.78, 5) is 14.0. The number of rotatable bonds is 7. The number of hydrogen-bond acceptors (Lipinski definition) is 7. The van der Waals surface area contributed by atoms with Crippen molar-refractivity contribution in [2.45, 2.75) is 89.6 Å². The molecule has 0 bridgehead atoms. The second-order valence-corrected chi connectivity index (χ2v) is 12.6. The summed E-state index contributed by atoms with van der Waals surface area (Å²) >= 11 is 0. The lowest BCUT2D eigenvalue weighted by Gasteiger charge is -2.52. The van der Waals surface area contributed by atoms with Gasteiger partial charge in [-0.1, -0.05) is 12.1 Å². The van der Waals surface area contributed by atoms with Gasteiger partial charge >= 0.3 is 0 Å². The second kappa shape index (κ2) is 10.9. The van der Waals surface area contributed by atoms with Gasteiger partial charge < -0.3 is 14.2 Å². The van der Waals surface area contributed by atoms with Gasteiger partial charge in [0.2, 0.25) is 5.92 Å². The third-order valence-corrected chi connectivity index (χ3v) is 9.54. The zero-order valence-electron chi connectivity index (χ0n) is 24.8. The molecule has 14 heteroatoms. The highest BCUT2D eigenvalue weighted by atomic mass is 19.3. The highest BCUT2D eigenvalue weighted by molar-refractivity contribution is 5.87. The molecule has 44 heavy (non-hydrogen) atoms. The van der Waals surface area contributed by atoms with Crippen molar-refractivity contribution in [3.8, 4) is 0 Å². The second-order valence-electron chi connectivity index (χ2n) is 12.6. The molecule has 4 aromatic rings. The van der Waals surface area contributed by atoms with Crippen molar-refractivity contribution in [2.75, 3.05) is 24.6 Å². The van der Waals surface area contributed by atoms with Crippen molar-refractivity contribution in [2.24, 2.45) is 5.92 Å². The van der Waals surface area contributed by atoms with E-state index in [-0.39, 0.29) is 36.6 Å². The molecule has 4 atom stereocenters. The fourth-order valence-electron chi connectivity index (χ4n) is 7.35. The molecule has 9 nitrogen and oxygen atoms in total. The largest absolute Gasteiger partial charge is 0.376 e. The third kappa shape index (κ3) is 4.99. The summed E-state index contributed by atoms with van der Waals surface area (Å²) in [5.41, 5.74) is 1.27. The average molecular weight is 619 g/mol. The number of nitrogens with zero attached hydrogens (tertiary/aromatic N) is 8. The lowest BCUT2D eigenvalue weighted by molar-refractivity contribution is -0.137. The zero-order chi connectivity index (χ0) is 30.9. The molecule has 3 aromatic heterocycles. The molecule has 0 radical (unpaired) electrons. The summed E-state index contributed by atoms with van der Waals surface area (Å²) in [6.45, 7) is 8.20. The van der Waals surface area contributed by atoms with Crippen LogP contribution < -0.4 is 4.90 Å². The van der Waals surface area contributed by atoms with Crippen LogP contribution in [0.1, 0.15) is 68.9 Å². The summed E-state index contributed by atoms with van der Waals surface area (Å²) in [6.07, 6.45) is 0.131. The van der Waals surface area contributed by atoms with Gasteiger partial charge in [-0.2, -0.15) is 4.98 Å². The molecular weight excluding hydrogens is 583 g/mol. The highest BCUT2D eigenvalue weighted by Gasteiger charge is 2.52. The van der Waals surface area contributed by atoms with Crippen molar-refractivity contribution in [1.82, 2.24) is 34.0 Å². The van der Waals surface area contributed by atoms with Gasteiger partial charge in [0, 0.05) is 61.8 Å². The molecule has 3 aliphatic rings. The smallest absolute Gasteiger partial charge is 0.263 e. The minimum atomic E-state index is -2.82. The Morgan fingerprint density at radius 1 is 1.09 bits per heavy atom. The Kier molecular flexibility index (Phi) is 7.26. The number of halogens is 5. The Morgan fingerprint density at radius 2 is 1.89 bits per heavy atom. The van der Waals surface area contributed by atoms with Crippen LogP contribution in [-0.2, 0) is 11.3 Å². The van der Waals surface area contributed by atoms with E-state index in [4.69, 9.17) is 14.7 Å². The molecule has 3 fully saturated rings. The summed E-state index contributed by atoms with van der Waals surface area (Å²) in [6, 6.07) is 2.32. The molecule has 1 unspecified atom stereocenters. The maximum absolute atomic E-state index is 15.4. The van der Waals surface area contributed by atoms with Crippen LogP contribution in [0.4, 0.5) is 27.8 Å². The van der Waals surface area contributed by atoms with E-state index in [0.717, 1.165) is 37.0 Å². The van der Waals surface area contributed by atoms with Crippen molar-refractivity contribution in [3.05, 3.63) is 47.3 Å². The third-order valence-electron chi connectivity index (χ3n) is 9.54. The van der Waals surface area contributed by atoms with Crippen LogP contribution in [0.15, 0.2) is 24.5 Å². The molecular formula is C30H35F5N8O. The molecule has 1 aromatic carbocycles. The van der Waals surface area contributed by atoms with E-state index in [1.165, 1.54) is 12.1 Å². The Labute approximate surface area is 251 Å². The molecule has 7 rings (SSSR count). The fraction of sp³-hybridized carbons (Fsp3) is 0.600. The van der Waals surface area contributed by atoms with Crippen LogP contribution in [0.5, 0.6) is 0 Å². The first-order valence-corrected chi connectivity index (χ1v) is 15.2. The van der Waals surface area contributed by atoms with E-state index in [2.05, 4.69) is 24.6 Å². The molecule has 236 valence electrons. The van der Waals surface area contributed by atoms with Gasteiger partial charge in [0.1, 0.15) is 23.5 Å². The van der Waals surface area contributed by atoms with Crippen molar-refractivity contribution in [1.29, 1.82) is 0 Å². The van der Waals surface area contributed by atoms with Gasteiger partial charge in [-0.25, -0.2) is 31.3 Å². The predicted molar refractivity (Wildman–Crippen MR) is 153 cm³/mol. The molecule has 1 aliphatic carbocycles. The molecule has 0 amide bonds. The van der Waals surface area contributed by atoms with Crippen molar-refractivity contribution < 1.29 is 26.7 Å². The van der Waals surface area contributed by atoms with Gasteiger partial charge in [-0.05, 0) is 45.6 Å². The first-order valence-electron chi connectivity index (χ1n) is 15.2. The standard InChI is InChI=1S/C30H35F5N8O/c1-16-13-41(27-24-28(43-15-36-39-29(43)38-27)42(18(3)37-24)14-21-5-4-8-44-21)17(2)12-40(16)25(20-10-30(34,35)11-20)22-7-6-19(26(32)33)9-23(22)31/h6-7,9,15-17,20-21,25-26H,4-5,8,10-14H2,1-3H3/t16-,17+,21+,25?/m1/s1. The maximum Gasteiger partial charge on any atom is 0.263 e. The number of aromatic nitrogens is 6. The van der Waals surface area contributed by atoms with E-state index in [1.54, 1.807) is 6.33 Å². The van der Waals surface area contributed by atoms with E-state index >= 15 is 4.39 Å². The molecule has 0 spiro atoms. The topological polar surface area (TPSA) is 76.6 Å². The average Bonchev–Trinajstić information content (AvgIpc) is 3.71. The quantitative estimate of drug-likeness (QED) is 0.245. The Balaban J connectivity index is 1.24. The number of ether oxygens (including phenoxy) is 1. The van der Waals surface area contributed by atoms with E-state index in [1.807, 2.05) is 25.2 Å². The zero-order valence-corrected chi connectivity index (χ0v) is 24.8. The van der Waals surface area contributed by atoms with Gasteiger partial charge in [0.25, 0.3) is 12.2 Å². The minimum absolute atomic E-state index is 0.0858. The lowest BCUT2D eigenvalue weighted by atomic mass is 9.72. The predicted octanol–water partition coefficient (Wildman–Crippen LogP) is 5.72. The van der Waals surface area contributed by atoms with Crippen LogP contribution in [0.3, 0.4) is 0 Å². The number of aryl methyl sites for hydroxylation is 1. The number of fused-ring (bicyclic) bond motifs is 3. The molecule has 0 N–H and O–H groups in total. The highest BCUT2D eigenvalue weighted by Crippen LogP contribution is 2.52. The van der Waals surface area contributed by atoms with Crippen molar-refractivity contribution >= 4 is 22.8 Å². The number of alkyl halides is 4. The number of anilines is 1. The van der Waals surface area contributed by atoms with Gasteiger partial charge in [-0.15, -0.1) is 10.2 Å². The summed E-state index contributed by atoms with van der Waals surface area (Å²) in [5.74, 6) is -2.23. The van der Waals surface area contributed by atoms with Gasteiger partial charge in [-0.3, -0.25) is 4.90 Å². The van der Waals surface area contributed by atoms with Crippen LogP contribution in [-0.4, -0.2) is 77.8 Å². The first kappa shape index (κ1) is 29.3. The van der Waals surface area contributed by atoms with Crippen LogP contribution in [0.2, 0.25) is 0 Å². The number of benzene rings is 1. The molecule has 2 saturated heterocycles. The molecule has 5 heterocycles. The van der Waals surface area contributed by atoms with Gasteiger partial charge in [0.15, 0.2) is 11.5 Å². The Hall–Kier alpha value is -3.39. The molecule has 2 aliphatic heterocycles. The van der Waals surface area contributed by atoms with Crippen LogP contribution in [0.25, 0.3) is 16.9 Å². The van der Waals surface area contributed by atoms with E-state index in [9.17, 15) is 17.6 Å². The number of hydrogen-bond donors (Lipinski definition) is 0. The fourth-order valence-corrected chi connectivity index (χ4v) is 7.35. The van der Waals surface area contributed by atoms with Crippen LogP contribution in [0, 0.1) is 18.7 Å². The maximum atomic E-state index is 15.4.